The normalized spacial score (nSPS) is 10.6. The number of benzene rings is 1. The lowest BCUT2D eigenvalue weighted by molar-refractivity contribution is 0.0685. The molecule has 0 bridgehead atoms. The van der Waals surface area contributed by atoms with Crippen LogP contribution in [0.25, 0.3) is 11.3 Å². The average Bonchev–Trinajstić information content (AvgIpc) is 2.82. The second-order valence-corrected chi connectivity index (χ2v) is 5.83. The van der Waals surface area contributed by atoms with Gasteiger partial charge >= 0.3 is 5.97 Å². The van der Waals surface area contributed by atoms with Crippen LogP contribution in [-0.4, -0.2) is 22.8 Å². The van der Waals surface area contributed by atoms with Crippen molar-refractivity contribution in [2.24, 2.45) is 0 Å². The maximum absolute atomic E-state index is 11.2. The average molecular weight is 403 g/mol. The van der Waals surface area contributed by atoms with Crippen LogP contribution in [0.3, 0.4) is 0 Å². The van der Waals surface area contributed by atoms with Gasteiger partial charge in [0.25, 0.3) is 0 Å². The number of aromatic nitrogens is 1. The SMILES string of the molecule is CCn1c(C(=O)O)ccc1-c1cc(OC)c(Br)cc1Br. The number of aromatic carboxylic acids is 1. The van der Waals surface area contributed by atoms with E-state index in [1.165, 1.54) is 0 Å². The van der Waals surface area contributed by atoms with Gasteiger partial charge in [-0.3, -0.25) is 0 Å². The summed E-state index contributed by atoms with van der Waals surface area (Å²) in [6.45, 7) is 2.49. The molecule has 0 spiro atoms. The lowest BCUT2D eigenvalue weighted by Gasteiger charge is -2.13. The van der Waals surface area contributed by atoms with Gasteiger partial charge in [-0.05, 0) is 47.1 Å². The van der Waals surface area contributed by atoms with Gasteiger partial charge in [0.2, 0.25) is 0 Å². The van der Waals surface area contributed by atoms with Crippen LogP contribution in [0, 0.1) is 0 Å². The molecule has 0 saturated carbocycles. The van der Waals surface area contributed by atoms with Crippen molar-refractivity contribution in [1.29, 1.82) is 0 Å². The lowest BCUT2D eigenvalue weighted by Crippen LogP contribution is -2.08. The third-order valence-corrected chi connectivity index (χ3v) is 4.31. The number of nitrogens with zero attached hydrogens (tertiary/aromatic N) is 1. The van der Waals surface area contributed by atoms with Crippen LogP contribution in [0.5, 0.6) is 5.75 Å². The van der Waals surface area contributed by atoms with Gasteiger partial charge in [-0.1, -0.05) is 15.9 Å². The summed E-state index contributed by atoms with van der Waals surface area (Å²) in [5.41, 5.74) is 2.00. The molecule has 0 aliphatic rings. The number of ether oxygens (including phenoxy) is 1. The van der Waals surface area contributed by atoms with Crippen molar-refractivity contribution >= 4 is 37.8 Å². The Bertz CT molecular complexity index is 665. The molecule has 1 aromatic heterocycles. The summed E-state index contributed by atoms with van der Waals surface area (Å²) >= 11 is 6.93. The minimum Gasteiger partial charge on any atom is -0.496 e. The number of hydrogen-bond acceptors (Lipinski definition) is 2. The van der Waals surface area contributed by atoms with E-state index in [1.54, 1.807) is 23.8 Å². The number of carboxylic acid groups (broad SMARTS) is 1. The van der Waals surface area contributed by atoms with Crippen molar-refractivity contribution < 1.29 is 14.6 Å². The summed E-state index contributed by atoms with van der Waals surface area (Å²) in [6, 6.07) is 7.19. The van der Waals surface area contributed by atoms with Crippen LogP contribution >= 0.6 is 31.9 Å². The fourth-order valence-corrected chi connectivity index (χ4v) is 3.47. The van der Waals surface area contributed by atoms with Gasteiger partial charge in [0, 0.05) is 22.3 Å². The quantitative estimate of drug-likeness (QED) is 0.824. The Labute approximate surface area is 133 Å². The molecule has 0 amide bonds. The smallest absolute Gasteiger partial charge is 0.352 e. The Morgan fingerprint density at radius 1 is 1.30 bits per heavy atom. The molecule has 2 aromatic rings. The van der Waals surface area contributed by atoms with Gasteiger partial charge in [0.1, 0.15) is 11.4 Å². The zero-order valence-corrected chi connectivity index (χ0v) is 14.2. The Morgan fingerprint density at radius 2 is 2.00 bits per heavy atom. The topological polar surface area (TPSA) is 51.5 Å². The second kappa shape index (κ2) is 6.01. The van der Waals surface area contributed by atoms with Crippen molar-refractivity contribution in [3.05, 3.63) is 38.9 Å². The van der Waals surface area contributed by atoms with E-state index in [2.05, 4.69) is 31.9 Å². The Hall–Kier alpha value is -1.27. The van der Waals surface area contributed by atoms with Gasteiger partial charge in [-0.25, -0.2) is 4.79 Å². The highest BCUT2D eigenvalue weighted by Gasteiger charge is 2.17. The number of halogens is 2. The molecule has 2 rings (SSSR count). The van der Waals surface area contributed by atoms with E-state index in [0.29, 0.717) is 12.3 Å². The third kappa shape index (κ3) is 2.62. The van der Waals surface area contributed by atoms with Crippen LogP contribution in [0.4, 0.5) is 0 Å². The molecular formula is C14H13Br2NO3. The molecule has 0 saturated heterocycles. The molecule has 0 aliphatic carbocycles. The molecule has 0 atom stereocenters. The van der Waals surface area contributed by atoms with Crippen LogP contribution < -0.4 is 4.74 Å². The number of methoxy groups -OCH3 is 1. The third-order valence-electron chi connectivity index (χ3n) is 3.03. The molecular weight excluding hydrogens is 390 g/mol. The van der Waals surface area contributed by atoms with Crippen molar-refractivity contribution in [2.75, 3.05) is 7.11 Å². The van der Waals surface area contributed by atoms with E-state index in [0.717, 1.165) is 20.2 Å². The molecule has 1 aromatic carbocycles. The highest BCUT2D eigenvalue weighted by Crippen LogP contribution is 2.37. The number of carbonyl (C=O) groups is 1. The maximum atomic E-state index is 11.2. The molecule has 1 N–H and O–H groups in total. The Kier molecular flexibility index (Phi) is 4.55. The summed E-state index contributed by atoms with van der Waals surface area (Å²) in [5, 5.41) is 9.21. The van der Waals surface area contributed by atoms with Crippen LogP contribution in [0.1, 0.15) is 17.4 Å². The monoisotopic (exact) mass is 401 g/mol. The molecule has 0 fully saturated rings. The Balaban J connectivity index is 2.65. The van der Waals surface area contributed by atoms with Crippen molar-refractivity contribution in [3.8, 4) is 17.0 Å². The second-order valence-electron chi connectivity index (χ2n) is 4.12. The van der Waals surface area contributed by atoms with Crippen molar-refractivity contribution in [1.82, 2.24) is 4.57 Å². The first-order valence-corrected chi connectivity index (χ1v) is 7.54. The van der Waals surface area contributed by atoms with E-state index in [-0.39, 0.29) is 5.69 Å². The van der Waals surface area contributed by atoms with Gasteiger partial charge in [0.15, 0.2) is 0 Å². The molecule has 4 nitrogen and oxygen atoms in total. The van der Waals surface area contributed by atoms with Crippen molar-refractivity contribution in [2.45, 2.75) is 13.5 Å². The van der Waals surface area contributed by atoms with E-state index >= 15 is 0 Å². The lowest BCUT2D eigenvalue weighted by atomic mass is 10.1. The summed E-state index contributed by atoms with van der Waals surface area (Å²) in [5.74, 6) is -0.234. The molecule has 20 heavy (non-hydrogen) atoms. The molecule has 0 radical (unpaired) electrons. The van der Waals surface area contributed by atoms with E-state index in [9.17, 15) is 9.90 Å². The van der Waals surface area contributed by atoms with Crippen LogP contribution in [0.2, 0.25) is 0 Å². The number of carboxylic acids is 1. The van der Waals surface area contributed by atoms with Crippen molar-refractivity contribution in [3.63, 3.8) is 0 Å². The summed E-state index contributed by atoms with van der Waals surface area (Å²) in [7, 11) is 1.60. The van der Waals surface area contributed by atoms with Gasteiger partial charge in [0.05, 0.1) is 11.6 Å². The molecule has 1 heterocycles. The van der Waals surface area contributed by atoms with Gasteiger partial charge in [-0.2, -0.15) is 0 Å². The fraction of sp³-hybridized carbons (Fsp3) is 0.214. The fourth-order valence-electron chi connectivity index (χ4n) is 2.11. The molecule has 106 valence electrons. The first-order chi connectivity index (χ1) is 9.49. The zero-order chi connectivity index (χ0) is 14.9. The zero-order valence-electron chi connectivity index (χ0n) is 11.0. The predicted molar refractivity (Wildman–Crippen MR) is 84.5 cm³/mol. The highest BCUT2D eigenvalue weighted by atomic mass is 79.9. The van der Waals surface area contributed by atoms with E-state index in [1.807, 2.05) is 19.1 Å². The van der Waals surface area contributed by atoms with Gasteiger partial charge < -0.3 is 14.4 Å². The number of hydrogen-bond donors (Lipinski definition) is 1. The minimum atomic E-state index is -0.932. The highest BCUT2D eigenvalue weighted by molar-refractivity contribution is 9.11. The molecule has 6 heteroatoms. The van der Waals surface area contributed by atoms with Crippen LogP contribution in [-0.2, 0) is 6.54 Å². The van der Waals surface area contributed by atoms with Gasteiger partial charge in [-0.15, -0.1) is 0 Å². The summed E-state index contributed by atoms with van der Waals surface area (Å²) < 4.78 is 8.76. The first-order valence-electron chi connectivity index (χ1n) is 5.95. The largest absolute Gasteiger partial charge is 0.496 e. The minimum absolute atomic E-state index is 0.274. The maximum Gasteiger partial charge on any atom is 0.352 e. The predicted octanol–water partition coefficient (Wildman–Crippen LogP) is 4.41. The van der Waals surface area contributed by atoms with E-state index in [4.69, 9.17) is 4.74 Å². The standard InChI is InChI=1S/C14H13Br2NO3/c1-3-17-11(4-5-12(17)14(18)19)8-6-13(20-2)10(16)7-9(8)15/h4-7H,3H2,1-2H3,(H,18,19). The van der Waals surface area contributed by atoms with Crippen LogP contribution in [0.15, 0.2) is 33.2 Å². The molecule has 0 aliphatic heterocycles. The first kappa shape index (κ1) is 15.1. The summed E-state index contributed by atoms with van der Waals surface area (Å²) in [6.07, 6.45) is 0. The van der Waals surface area contributed by atoms with E-state index < -0.39 is 5.97 Å². The molecule has 0 unspecified atom stereocenters. The number of rotatable bonds is 4. The summed E-state index contributed by atoms with van der Waals surface area (Å²) in [4.78, 5) is 11.2. The Morgan fingerprint density at radius 3 is 2.55 bits per heavy atom.